The molecule has 0 aliphatic carbocycles. The minimum Gasteiger partial charge on any atom is -0.492 e. The van der Waals surface area contributed by atoms with E-state index in [0.717, 1.165) is 29.1 Å². The Balaban J connectivity index is 1.79. The molecule has 0 unspecified atom stereocenters. The smallest absolute Gasteiger partial charge is 0.155 e. The highest BCUT2D eigenvalue weighted by molar-refractivity contribution is 6.32. The van der Waals surface area contributed by atoms with Crippen LogP contribution >= 0.6 is 11.6 Å². The molecular formula is C19H22ClN3O. The van der Waals surface area contributed by atoms with E-state index in [1.54, 1.807) is 16.9 Å². The fourth-order valence-corrected chi connectivity index (χ4v) is 3.17. The van der Waals surface area contributed by atoms with Crippen molar-refractivity contribution >= 4 is 17.2 Å². The van der Waals surface area contributed by atoms with Gasteiger partial charge in [0.25, 0.3) is 0 Å². The summed E-state index contributed by atoms with van der Waals surface area (Å²) in [6.07, 6.45) is 4.66. The highest BCUT2D eigenvalue weighted by atomic mass is 35.5. The van der Waals surface area contributed by atoms with Crippen LogP contribution < -0.4 is 4.74 Å². The van der Waals surface area contributed by atoms with E-state index in [4.69, 9.17) is 16.3 Å². The highest BCUT2D eigenvalue weighted by Crippen LogP contribution is 2.31. The van der Waals surface area contributed by atoms with E-state index in [2.05, 4.69) is 30.9 Å². The molecule has 0 aliphatic heterocycles. The number of aromatic nitrogens is 3. The SMILES string of the molecule is CC(C)C[C@@H](C)COc1ccc(-c2ccnc3ccnn23)cc1Cl. The molecule has 2 heterocycles. The fraction of sp³-hybridized carbons (Fsp3) is 0.368. The number of ether oxygens (including phenoxy) is 1. The zero-order chi connectivity index (χ0) is 17.1. The highest BCUT2D eigenvalue weighted by Gasteiger charge is 2.11. The standard InChI is InChI=1S/C19H22ClN3O/c1-13(2)10-14(3)12-24-18-5-4-15(11-16(18)20)17-6-8-21-19-7-9-22-23(17)19/h4-9,11,13-14H,10,12H2,1-3H3/t14-/m1/s1. The molecule has 0 N–H and O–H groups in total. The molecule has 0 radical (unpaired) electrons. The van der Waals surface area contributed by atoms with Crippen molar-refractivity contribution in [3.8, 4) is 17.0 Å². The molecule has 0 fully saturated rings. The van der Waals surface area contributed by atoms with Gasteiger partial charge in [0.1, 0.15) is 5.75 Å². The molecule has 0 saturated heterocycles. The molecule has 24 heavy (non-hydrogen) atoms. The van der Waals surface area contributed by atoms with Crippen molar-refractivity contribution in [3.05, 3.63) is 47.7 Å². The Bertz CT molecular complexity index is 828. The zero-order valence-electron chi connectivity index (χ0n) is 14.2. The van der Waals surface area contributed by atoms with Crippen molar-refractivity contribution in [2.24, 2.45) is 11.8 Å². The second-order valence-corrected chi connectivity index (χ2v) is 7.03. The molecule has 3 rings (SSSR count). The summed E-state index contributed by atoms with van der Waals surface area (Å²) in [6, 6.07) is 9.65. The predicted octanol–water partition coefficient (Wildman–Crippen LogP) is 5.11. The van der Waals surface area contributed by atoms with E-state index in [1.165, 1.54) is 0 Å². The number of nitrogens with zero attached hydrogens (tertiary/aromatic N) is 3. The minimum absolute atomic E-state index is 0.504. The first-order chi connectivity index (χ1) is 11.5. The maximum Gasteiger partial charge on any atom is 0.155 e. The van der Waals surface area contributed by atoms with Gasteiger partial charge in [-0.1, -0.05) is 32.4 Å². The summed E-state index contributed by atoms with van der Waals surface area (Å²) >= 11 is 6.42. The first kappa shape index (κ1) is 16.8. The third kappa shape index (κ3) is 3.70. The molecule has 2 aromatic heterocycles. The number of benzene rings is 1. The Labute approximate surface area is 147 Å². The van der Waals surface area contributed by atoms with Crippen molar-refractivity contribution in [1.82, 2.24) is 14.6 Å². The van der Waals surface area contributed by atoms with Gasteiger partial charge >= 0.3 is 0 Å². The quantitative estimate of drug-likeness (QED) is 0.624. The zero-order valence-corrected chi connectivity index (χ0v) is 15.0. The maximum absolute atomic E-state index is 6.42. The summed E-state index contributed by atoms with van der Waals surface area (Å²) in [5.74, 6) is 1.90. The van der Waals surface area contributed by atoms with E-state index < -0.39 is 0 Å². The van der Waals surface area contributed by atoms with Gasteiger partial charge in [0, 0.05) is 17.8 Å². The third-order valence-corrected chi connectivity index (χ3v) is 4.21. The van der Waals surface area contributed by atoms with Crippen molar-refractivity contribution in [1.29, 1.82) is 0 Å². The summed E-state index contributed by atoms with van der Waals surface area (Å²) in [7, 11) is 0. The van der Waals surface area contributed by atoms with Gasteiger partial charge in [0.2, 0.25) is 0 Å². The number of hydrogen-bond donors (Lipinski definition) is 0. The summed E-state index contributed by atoms with van der Waals surface area (Å²) in [4.78, 5) is 4.28. The molecule has 0 spiro atoms. The minimum atomic E-state index is 0.504. The van der Waals surface area contributed by atoms with Crippen LogP contribution in [-0.4, -0.2) is 21.2 Å². The number of rotatable bonds is 6. The second-order valence-electron chi connectivity index (χ2n) is 6.62. The molecule has 0 amide bonds. The number of fused-ring (bicyclic) bond motifs is 1. The molecule has 3 aromatic rings. The first-order valence-corrected chi connectivity index (χ1v) is 8.64. The molecule has 0 saturated carbocycles. The normalized spacial score (nSPS) is 12.7. The van der Waals surface area contributed by atoms with Gasteiger partial charge < -0.3 is 4.74 Å². The van der Waals surface area contributed by atoms with Gasteiger partial charge in [-0.2, -0.15) is 5.10 Å². The summed E-state index contributed by atoms with van der Waals surface area (Å²) < 4.78 is 7.70. The van der Waals surface area contributed by atoms with Crippen LogP contribution in [-0.2, 0) is 0 Å². The average molecular weight is 344 g/mol. The summed E-state index contributed by atoms with van der Waals surface area (Å²) in [5.41, 5.74) is 2.75. The van der Waals surface area contributed by atoms with Gasteiger partial charge in [-0.25, -0.2) is 9.50 Å². The van der Waals surface area contributed by atoms with Crippen LogP contribution in [0.5, 0.6) is 5.75 Å². The molecular weight excluding hydrogens is 322 g/mol. The molecule has 1 aromatic carbocycles. The van der Waals surface area contributed by atoms with Crippen LogP contribution in [0.25, 0.3) is 16.9 Å². The topological polar surface area (TPSA) is 39.4 Å². The largest absolute Gasteiger partial charge is 0.492 e. The molecule has 0 bridgehead atoms. The Morgan fingerprint density at radius 3 is 2.71 bits per heavy atom. The number of hydrogen-bond acceptors (Lipinski definition) is 3. The Kier molecular flexibility index (Phi) is 5.05. The molecule has 0 aliphatic rings. The van der Waals surface area contributed by atoms with E-state index in [9.17, 15) is 0 Å². The molecule has 1 atom stereocenters. The third-order valence-electron chi connectivity index (χ3n) is 3.91. The lowest BCUT2D eigenvalue weighted by Gasteiger charge is -2.16. The fourth-order valence-electron chi connectivity index (χ4n) is 2.94. The molecule has 5 heteroatoms. The van der Waals surface area contributed by atoms with E-state index >= 15 is 0 Å². The Morgan fingerprint density at radius 1 is 1.12 bits per heavy atom. The van der Waals surface area contributed by atoms with Crippen LogP contribution in [0.3, 0.4) is 0 Å². The lowest BCUT2D eigenvalue weighted by Crippen LogP contribution is -2.11. The van der Waals surface area contributed by atoms with Gasteiger partial charge in [0.05, 0.1) is 23.5 Å². The van der Waals surface area contributed by atoms with Crippen molar-refractivity contribution in [2.75, 3.05) is 6.61 Å². The second kappa shape index (κ2) is 7.22. The summed E-state index contributed by atoms with van der Waals surface area (Å²) in [6.45, 7) is 7.33. The Hall–Kier alpha value is -2.07. The lowest BCUT2D eigenvalue weighted by molar-refractivity contribution is 0.239. The Morgan fingerprint density at radius 2 is 1.96 bits per heavy atom. The van der Waals surface area contributed by atoms with Crippen molar-refractivity contribution < 1.29 is 4.74 Å². The molecule has 4 nitrogen and oxygen atoms in total. The van der Waals surface area contributed by atoms with Crippen LogP contribution in [0.2, 0.25) is 5.02 Å². The van der Waals surface area contributed by atoms with Crippen molar-refractivity contribution in [2.45, 2.75) is 27.2 Å². The lowest BCUT2D eigenvalue weighted by atomic mass is 10.00. The van der Waals surface area contributed by atoms with E-state index in [0.29, 0.717) is 23.5 Å². The van der Waals surface area contributed by atoms with Crippen LogP contribution in [0.15, 0.2) is 42.7 Å². The average Bonchev–Trinajstić information content (AvgIpc) is 3.01. The monoisotopic (exact) mass is 343 g/mol. The van der Waals surface area contributed by atoms with E-state index in [1.807, 2.05) is 30.3 Å². The van der Waals surface area contributed by atoms with Gasteiger partial charge in [-0.05, 0) is 42.5 Å². The van der Waals surface area contributed by atoms with Gasteiger partial charge in [-0.15, -0.1) is 0 Å². The maximum atomic E-state index is 6.42. The van der Waals surface area contributed by atoms with E-state index in [-0.39, 0.29) is 0 Å². The van der Waals surface area contributed by atoms with Crippen LogP contribution in [0.1, 0.15) is 27.2 Å². The first-order valence-electron chi connectivity index (χ1n) is 8.26. The van der Waals surface area contributed by atoms with Crippen molar-refractivity contribution in [3.63, 3.8) is 0 Å². The molecule has 126 valence electrons. The van der Waals surface area contributed by atoms with Gasteiger partial charge in [-0.3, -0.25) is 0 Å². The number of halogens is 1. The van der Waals surface area contributed by atoms with Crippen LogP contribution in [0.4, 0.5) is 0 Å². The van der Waals surface area contributed by atoms with Crippen LogP contribution in [0, 0.1) is 11.8 Å². The predicted molar refractivity (Wildman–Crippen MR) is 97.5 cm³/mol. The van der Waals surface area contributed by atoms with Gasteiger partial charge in [0.15, 0.2) is 5.65 Å². The summed E-state index contributed by atoms with van der Waals surface area (Å²) in [5, 5.41) is 4.93.